The van der Waals surface area contributed by atoms with Crippen LogP contribution in [0.2, 0.25) is 0 Å². The molecule has 0 bridgehead atoms. The van der Waals surface area contributed by atoms with Crippen LogP contribution in [-0.4, -0.2) is 55.3 Å². The third-order valence-electron chi connectivity index (χ3n) is 4.34. The molecule has 23 heavy (non-hydrogen) atoms. The summed E-state index contributed by atoms with van der Waals surface area (Å²) in [6, 6.07) is 1.84. The first-order valence-corrected chi connectivity index (χ1v) is 8.38. The van der Waals surface area contributed by atoms with E-state index in [1.54, 1.807) is 0 Å². The minimum atomic E-state index is 0.155. The molecule has 1 saturated carbocycles. The van der Waals surface area contributed by atoms with Crippen LogP contribution < -0.4 is 15.0 Å². The van der Waals surface area contributed by atoms with E-state index in [1.165, 1.54) is 19.2 Å². The Morgan fingerprint density at radius 1 is 1.30 bits per heavy atom. The number of nitrogens with one attached hydrogen (secondary N) is 1. The number of hydrogen-bond acceptors (Lipinski definition) is 6. The number of ether oxygens (including phenoxy) is 2. The number of carbonyl (C=O) groups is 1. The van der Waals surface area contributed by atoms with E-state index >= 15 is 0 Å². The molecule has 2 fully saturated rings. The van der Waals surface area contributed by atoms with Crippen LogP contribution in [0.15, 0.2) is 12.4 Å². The van der Waals surface area contributed by atoms with Gasteiger partial charge in [-0.2, -0.15) is 0 Å². The Balaban J connectivity index is 1.42. The van der Waals surface area contributed by atoms with E-state index in [4.69, 9.17) is 9.47 Å². The smallest absolute Gasteiger partial charge is 0.223 e. The first-order chi connectivity index (χ1) is 11.3. The first kappa shape index (κ1) is 16.0. The molecule has 0 radical (unpaired) electrons. The normalized spacial score (nSPS) is 18.9. The molecule has 1 aliphatic carbocycles. The van der Waals surface area contributed by atoms with Crippen LogP contribution in [-0.2, 0) is 9.53 Å². The second kappa shape index (κ2) is 8.10. The van der Waals surface area contributed by atoms with Gasteiger partial charge in [-0.25, -0.2) is 9.97 Å². The van der Waals surface area contributed by atoms with Crippen molar-refractivity contribution >= 4 is 11.7 Å². The lowest BCUT2D eigenvalue weighted by Crippen LogP contribution is -2.36. The summed E-state index contributed by atoms with van der Waals surface area (Å²) in [7, 11) is 0. The average Bonchev–Trinajstić information content (AvgIpc) is 3.14. The second-order valence-corrected chi connectivity index (χ2v) is 5.93. The van der Waals surface area contributed by atoms with Crippen molar-refractivity contribution in [2.45, 2.75) is 25.7 Å². The molecule has 2 aliphatic rings. The molecule has 0 spiro atoms. The van der Waals surface area contributed by atoms with E-state index in [-0.39, 0.29) is 11.8 Å². The lowest BCUT2D eigenvalue weighted by molar-refractivity contribution is -0.124. The first-order valence-electron chi connectivity index (χ1n) is 8.38. The number of hydrogen-bond donors (Lipinski definition) is 1. The van der Waals surface area contributed by atoms with Gasteiger partial charge in [0.05, 0.1) is 19.8 Å². The van der Waals surface area contributed by atoms with Crippen LogP contribution in [0.25, 0.3) is 0 Å². The van der Waals surface area contributed by atoms with Crippen LogP contribution >= 0.6 is 0 Å². The van der Waals surface area contributed by atoms with Crippen molar-refractivity contribution in [3.8, 4) is 5.88 Å². The van der Waals surface area contributed by atoms with Crippen LogP contribution in [0.4, 0.5) is 5.82 Å². The van der Waals surface area contributed by atoms with E-state index in [0.29, 0.717) is 32.2 Å². The van der Waals surface area contributed by atoms with Crippen molar-refractivity contribution < 1.29 is 14.3 Å². The zero-order valence-electron chi connectivity index (χ0n) is 13.4. The maximum atomic E-state index is 11.9. The number of amides is 1. The number of anilines is 1. The highest BCUT2D eigenvalue weighted by molar-refractivity contribution is 5.78. The van der Waals surface area contributed by atoms with Gasteiger partial charge in [0, 0.05) is 25.1 Å². The predicted octanol–water partition coefficient (Wildman–Crippen LogP) is 0.998. The minimum absolute atomic E-state index is 0.155. The summed E-state index contributed by atoms with van der Waals surface area (Å²) in [5.41, 5.74) is 0. The molecule has 0 aromatic carbocycles. The Labute approximate surface area is 136 Å². The van der Waals surface area contributed by atoms with E-state index < -0.39 is 0 Å². The Morgan fingerprint density at radius 2 is 2.09 bits per heavy atom. The van der Waals surface area contributed by atoms with Crippen molar-refractivity contribution in [3.63, 3.8) is 0 Å². The van der Waals surface area contributed by atoms with Crippen LogP contribution in [0.1, 0.15) is 25.7 Å². The van der Waals surface area contributed by atoms with Crippen LogP contribution in [0.3, 0.4) is 0 Å². The summed E-state index contributed by atoms with van der Waals surface area (Å²) in [6.45, 7) is 4.01. The molecular weight excluding hydrogens is 296 g/mol. The Kier molecular flexibility index (Phi) is 5.63. The highest BCUT2D eigenvalue weighted by Gasteiger charge is 2.22. The fourth-order valence-electron chi connectivity index (χ4n) is 3.04. The summed E-state index contributed by atoms with van der Waals surface area (Å²) in [5.74, 6) is 1.75. The molecule has 1 aromatic heterocycles. The standard InChI is InChI=1S/C16H24N4O3/c21-16(13-3-1-2-4-13)17-5-8-23-15-11-14(18-12-19-15)20-6-9-22-10-7-20/h11-13H,1-10H2,(H,17,21). The Bertz CT molecular complexity index is 514. The fourth-order valence-corrected chi connectivity index (χ4v) is 3.04. The Hall–Kier alpha value is -1.89. The molecule has 7 heteroatoms. The van der Waals surface area contributed by atoms with Gasteiger partial charge in [-0.05, 0) is 12.8 Å². The molecule has 1 aliphatic heterocycles. The molecule has 1 N–H and O–H groups in total. The van der Waals surface area contributed by atoms with Gasteiger partial charge >= 0.3 is 0 Å². The van der Waals surface area contributed by atoms with E-state index in [2.05, 4.69) is 20.2 Å². The zero-order valence-corrected chi connectivity index (χ0v) is 13.4. The molecule has 2 heterocycles. The summed E-state index contributed by atoms with van der Waals surface area (Å²) in [4.78, 5) is 22.5. The lowest BCUT2D eigenvalue weighted by Gasteiger charge is -2.27. The molecule has 1 amide bonds. The van der Waals surface area contributed by atoms with Gasteiger partial charge in [-0.1, -0.05) is 12.8 Å². The quantitative estimate of drug-likeness (QED) is 0.788. The highest BCUT2D eigenvalue weighted by atomic mass is 16.5. The van der Waals surface area contributed by atoms with Gasteiger partial charge in [0.2, 0.25) is 11.8 Å². The Morgan fingerprint density at radius 3 is 2.87 bits per heavy atom. The number of carbonyl (C=O) groups excluding carboxylic acids is 1. The number of aromatic nitrogens is 2. The predicted molar refractivity (Wildman–Crippen MR) is 85.5 cm³/mol. The third-order valence-corrected chi connectivity index (χ3v) is 4.34. The summed E-state index contributed by atoms with van der Waals surface area (Å²) < 4.78 is 11.0. The molecule has 1 saturated heterocycles. The summed E-state index contributed by atoms with van der Waals surface area (Å²) >= 11 is 0. The maximum absolute atomic E-state index is 11.9. The topological polar surface area (TPSA) is 76.6 Å². The molecular formula is C16H24N4O3. The van der Waals surface area contributed by atoms with Gasteiger partial charge in [0.1, 0.15) is 18.8 Å². The zero-order chi connectivity index (χ0) is 15.9. The van der Waals surface area contributed by atoms with Crippen molar-refractivity contribution in [3.05, 3.63) is 12.4 Å². The van der Waals surface area contributed by atoms with Crippen molar-refractivity contribution in [1.82, 2.24) is 15.3 Å². The van der Waals surface area contributed by atoms with Gasteiger partial charge in [-0.15, -0.1) is 0 Å². The SMILES string of the molecule is O=C(NCCOc1cc(N2CCOCC2)ncn1)C1CCCC1. The van der Waals surface area contributed by atoms with Crippen molar-refractivity contribution in [2.24, 2.45) is 5.92 Å². The number of rotatable bonds is 6. The molecule has 126 valence electrons. The van der Waals surface area contributed by atoms with E-state index in [9.17, 15) is 4.79 Å². The average molecular weight is 320 g/mol. The highest BCUT2D eigenvalue weighted by Crippen LogP contribution is 2.24. The third kappa shape index (κ3) is 4.54. The second-order valence-electron chi connectivity index (χ2n) is 5.93. The fraction of sp³-hybridized carbons (Fsp3) is 0.688. The van der Waals surface area contributed by atoms with Gasteiger partial charge in [0.15, 0.2) is 0 Å². The molecule has 0 unspecified atom stereocenters. The lowest BCUT2D eigenvalue weighted by atomic mass is 10.1. The maximum Gasteiger partial charge on any atom is 0.223 e. The van der Waals surface area contributed by atoms with Crippen LogP contribution in [0.5, 0.6) is 5.88 Å². The van der Waals surface area contributed by atoms with Crippen molar-refractivity contribution in [2.75, 3.05) is 44.4 Å². The number of nitrogens with zero attached hydrogens (tertiary/aromatic N) is 3. The minimum Gasteiger partial charge on any atom is -0.476 e. The van der Waals surface area contributed by atoms with E-state index in [0.717, 1.165) is 31.7 Å². The number of morpholine rings is 1. The van der Waals surface area contributed by atoms with E-state index in [1.807, 2.05) is 6.07 Å². The molecule has 3 rings (SSSR count). The van der Waals surface area contributed by atoms with Gasteiger partial charge in [0.25, 0.3) is 0 Å². The molecule has 1 aromatic rings. The summed E-state index contributed by atoms with van der Waals surface area (Å²) in [5, 5.41) is 2.94. The molecule has 7 nitrogen and oxygen atoms in total. The monoisotopic (exact) mass is 320 g/mol. The molecule has 0 atom stereocenters. The van der Waals surface area contributed by atoms with Gasteiger partial charge in [-0.3, -0.25) is 4.79 Å². The largest absolute Gasteiger partial charge is 0.476 e. The van der Waals surface area contributed by atoms with Crippen LogP contribution in [0, 0.1) is 5.92 Å². The van der Waals surface area contributed by atoms with Gasteiger partial charge < -0.3 is 19.7 Å². The summed E-state index contributed by atoms with van der Waals surface area (Å²) in [6.07, 6.45) is 5.87. The van der Waals surface area contributed by atoms with Crippen molar-refractivity contribution in [1.29, 1.82) is 0 Å².